The first-order valence-electron chi connectivity index (χ1n) is 11.8. The number of allylic oxidation sites excluding steroid dienone is 1. The molecule has 1 aromatic heterocycles. The maximum atomic E-state index is 11.2. The van der Waals surface area contributed by atoms with Crippen LogP contribution in [0.25, 0.3) is 11.3 Å². The lowest BCUT2D eigenvalue weighted by atomic mass is 9.82. The number of nitrogens with two attached hydrogens (primary N) is 1. The molecule has 2 aromatic rings. The van der Waals surface area contributed by atoms with Crippen molar-refractivity contribution >= 4 is 35.1 Å². The van der Waals surface area contributed by atoms with Crippen molar-refractivity contribution in [3.63, 3.8) is 0 Å². The van der Waals surface area contributed by atoms with E-state index in [1.165, 1.54) is 38.5 Å². The number of primary amides is 1. The fourth-order valence-electron chi connectivity index (χ4n) is 5.14. The number of ether oxygens (including phenoxy) is 1. The van der Waals surface area contributed by atoms with Crippen LogP contribution in [0.1, 0.15) is 44.3 Å². The molecule has 178 valence electrons. The van der Waals surface area contributed by atoms with Crippen LogP contribution in [0, 0.1) is 23.2 Å². The summed E-state index contributed by atoms with van der Waals surface area (Å²) in [6.45, 7) is 4.89. The van der Waals surface area contributed by atoms with Gasteiger partial charge in [0.2, 0.25) is 5.82 Å². The number of aromatic nitrogens is 2. The molecule has 2 fully saturated rings. The van der Waals surface area contributed by atoms with Crippen LogP contribution in [0.5, 0.6) is 0 Å². The minimum absolute atomic E-state index is 0.00270. The molecule has 3 aliphatic rings. The quantitative estimate of drug-likeness (QED) is 0.298. The zero-order valence-corrected chi connectivity index (χ0v) is 19.7. The Morgan fingerprint density at radius 2 is 2.03 bits per heavy atom. The summed E-state index contributed by atoms with van der Waals surface area (Å²) in [6, 6.07) is 7.48. The first-order valence-corrected chi connectivity index (χ1v) is 12.2. The largest absolute Gasteiger partial charge is 0.411 e. The number of halogens is 1. The van der Waals surface area contributed by atoms with Crippen LogP contribution in [-0.2, 0) is 4.74 Å². The van der Waals surface area contributed by atoms with Crippen LogP contribution in [-0.4, -0.2) is 34.7 Å². The SMILES string of the molecule is C=C[C@H]1CC[C@H](CN2c3c(nc(C(=N)OC(N)=O)nc3-c3cccc(Cl)c3)NC2C2CC2)CC1. The molecular formula is C25H29ClN6O2. The molecule has 2 heterocycles. The zero-order chi connectivity index (χ0) is 23.8. The summed E-state index contributed by atoms with van der Waals surface area (Å²) >= 11 is 6.32. The molecule has 0 saturated heterocycles. The lowest BCUT2D eigenvalue weighted by Gasteiger charge is -2.34. The molecule has 8 nitrogen and oxygen atoms in total. The van der Waals surface area contributed by atoms with Gasteiger partial charge in [0.15, 0.2) is 5.82 Å². The molecule has 9 heteroatoms. The van der Waals surface area contributed by atoms with Gasteiger partial charge in [0.05, 0.1) is 0 Å². The number of nitrogens with zero attached hydrogens (tertiary/aromatic N) is 3. The van der Waals surface area contributed by atoms with Gasteiger partial charge < -0.3 is 20.7 Å². The van der Waals surface area contributed by atoms with E-state index in [4.69, 9.17) is 27.5 Å². The monoisotopic (exact) mass is 480 g/mol. The number of carbonyl (C=O) groups excluding carboxylic acids is 1. The van der Waals surface area contributed by atoms with Crippen molar-refractivity contribution in [1.82, 2.24) is 9.97 Å². The molecule has 0 radical (unpaired) electrons. The number of nitrogens with one attached hydrogen (secondary N) is 2. The Morgan fingerprint density at radius 1 is 1.26 bits per heavy atom. The Balaban J connectivity index is 1.55. The van der Waals surface area contributed by atoms with Crippen LogP contribution in [0.3, 0.4) is 0 Å². The van der Waals surface area contributed by atoms with Crippen molar-refractivity contribution in [2.75, 3.05) is 16.8 Å². The number of benzene rings is 1. The van der Waals surface area contributed by atoms with Crippen molar-refractivity contribution in [2.24, 2.45) is 23.5 Å². The summed E-state index contributed by atoms with van der Waals surface area (Å²) in [6.07, 6.45) is 8.16. The van der Waals surface area contributed by atoms with Gasteiger partial charge in [-0.2, -0.15) is 0 Å². The third kappa shape index (κ3) is 4.59. The third-order valence-corrected chi connectivity index (χ3v) is 7.28. The van der Waals surface area contributed by atoms with Gasteiger partial charge in [-0.25, -0.2) is 14.8 Å². The standard InChI is InChI=1S/C25H29ClN6O2/c1-2-14-6-8-15(9-7-14)13-32-20-19(17-4-3-5-18(26)12-17)29-23(21(27)34-25(28)33)30-22(20)31-24(32)16-10-11-16/h2-5,12,14-16,24,27H,1,6-11,13H2,(H2,28,33)(H,29,30,31)/t14-,15-,24?. The van der Waals surface area contributed by atoms with Gasteiger partial charge in [0, 0.05) is 17.1 Å². The maximum Gasteiger partial charge on any atom is 0.411 e. The summed E-state index contributed by atoms with van der Waals surface area (Å²) in [5, 5.41) is 12.3. The summed E-state index contributed by atoms with van der Waals surface area (Å²) in [5.74, 6) is 1.90. The molecule has 2 saturated carbocycles. The van der Waals surface area contributed by atoms with Crippen LogP contribution in [0.2, 0.25) is 5.02 Å². The highest BCUT2D eigenvalue weighted by molar-refractivity contribution is 6.30. The summed E-state index contributed by atoms with van der Waals surface area (Å²) < 4.78 is 4.79. The number of rotatable bonds is 6. The summed E-state index contributed by atoms with van der Waals surface area (Å²) in [4.78, 5) is 22.9. The van der Waals surface area contributed by atoms with Gasteiger partial charge in [0.25, 0.3) is 5.90 Å². The average molecular weight is 481 g/mol. The van der Waals surface area contributed by atoms with E-state index < -0.39 is 12.0 Å². The maximum absolute atomic E-state index is 11.2. The Kier molecular flexibility index (Phi) is 6.16. The van der Waals surface area contributed by atoms with E-state index in [1.54, 1.807) is 0 Å². The normalized spacial score (nSPS) is 23.7. The lowest BCUT2D eigenvalue weighted by molar-refractivity contribution is 0.207. The molecule has 1 atom stereocenters. The van der Waals surface area contributed by atoms with E-state index in [0.717, 1.165) is 17.8 Å². The van der Waals surface area contributed by atoms with Crippen molar-refractivity contribution in [3.8, 4) is 11.3 Å². The second kappa shape index (κ2) is 9.25. The van der Waals surface area contributed by atoms with Crippen molar-refractivity contribution in [2.45, 2.75) is 44.7 Å². The molecule has 1 unspecified atom stereocenters. The minimum atomic E-state index is -1.07. The van der Waals surface area contributed by atoms with E-state index >= 15 is 0 Å². The smallest absolute Gasteiger partial charge is 0.388 e. The topological polar surface area (TPSA) is 117 Å². The fourth-order valence-corrected chi connectivity index (χ4v) is 5.33. The van der Waals surface area contributed by atoms with Gasteiger partial charge in [-0.1, -0.05) is 29.8 Å². The minimum Gasteiger partial charge on any atom is -0.388 e. The predicted molar refractivity (Wildman–Crippen MR) is 133 cm³/mol. The molecule has 4 N–H and O–H groups in total. The van der Waals surface area contributed by atoms with E-state index in [2.05, 4.69) is 32.8 Å². The number of hydrogen-bond donors (Lipinski definition) is 3. The first kappa shape index (κ1) is 22.7. The Labute approximate surface area is 204 Å². The van der Waals surface area contributed by atoms with Gasteiger partial charge in [0.1, 0.15) is 17.5 Å². The van der Waals surface area contributed by atoms with E-state index in [9.17, 15) is 4.79 Å². The number of amides is 1. The zero-order valence-electron chi connectivity index (χ0n) is 19.0. The van der Waals surface area contributed by atoms with Crippen molar-refractivity contribution < 1.29 is 9.53 Å². The van der Waals surface area contributed by atoms with E-state index in [1.807, 2.05) is 24.3 Å². The highest BCUT2D eigenvalue weighted by Gasteiger charge is 2.43. The molecule has 1 aliphatic heterocycles. The summed E-state index contributed by atoms with van der Waals surface area (Å²) in [7, 11) is 0. The highest BCUT2D eigenvalue weighted by Crippen LogP contribution is 2.48. The van der Waals surface area contributed by atoms with Gasteiger partial charge in [-0.15, -0.1) is 6.58 Å². The number of fused-ring (bicyclic) bond motifs is 1. The van der Waals surface area contributed by atoms with Crippen LogP contribution < -0.4 is 16.0 Å². The molecule has 0 spiro atoms. The first-order chi connectivity index (χ1) is 16.4. The van der Waals surface area contributed by atoms with Crippen LogP contribution >= 0.6 is 11.6 Å². The second-order valence-electron chi connectivity index (χ2n) is 9.45. The molecule has 2 aliphatic carbocycles. The summed E-state index contributed by atoms with van der Waals surface area (Å²) in [5.41, 5.74) is 7.52. The number of carbonyl (C=O) groups is 1. The predicted octanol–water partition coefficient (Wildman–Crippen LogP) is 5.18. The Morgan fingerprint density at radius 3 is 2.68 bits per heavy atom. The van der Waals surface area contributed by atoms with Crippen LogP contribution in [0.15, 0.2) is 36.9 Å². The van der Waals surface area contributed by atoms with Gasteiger partial charge in [-0.3, -0.25) is 5.41 Å². The third-order valence-electron chi connectivity index (χ3n) is 7.04. The molecule has 5 rings (SSSR count). The molecule has 0 bridgehead atoms. The van der Waals surface area contributed by atoms with E-state index in [0.29, 0.717) is 34.3 Å². The lowest BCUT2D eigenvalue weighted by Crippen LogP contribution is -2.41. The molecular weight excluding hydrogens is 452 g/mol. The second-order valence-corrected chi connectivity index (χ2v) is 9.89. The molecule has 1 amide bonds. The molecule has 34 heavy (non-hydrogen) atoms. The van der Waals surface area contributed by atoms with Crippen molar-refractivity contribution in [3.05, 3.63) is 47.8 Å². The average Bonchev–Trinajstić information content (AvgIpc) is 3.60. The Bertz CT molecular complexity index is 1130. The van der Waals surface area contributed by atoms with Gasteiger partial charge >= 0.3 is 6.09 Å². The highest BCUT2D eigenvalue weighted by atomic mass is 35.5. The number of anilines is 2. The fraction of sp³-hybridized carbons (Fsp3) is 0.440. The van der Waals surface area contributed by atoms with Crippen molar-refractivity contribution in [1.29, 1.82) is 5.41 Å². The molecule has 1 aromatic carbocycles. The van der Waals surface area contributed by atoms with Gasteiger partial charge in [-0.05, 0) is 68.4 Å². The van der Waals surface area contributed by atoms with Crippen LogP contribution in [0.4, 0.5) is 16.3 Å². The Hall–Kier alpha value is -3.13. The van der Waals surface area contributed by atoms with E-state index in [-0.39, 0.29) is 12.0 Å². The number of hydrogen-bond acceptors (Lipinski definition) is 7.